The molecule has 0 aliphatic carbocycles. The lowest BCUT2D eigenvalue weighted by Crippen LogP contribution is -2.48. The Hall–Kier alpha value is -0.860. The van der Waals surface area contributed by atoms with Crippen LogP contribution in [0.25, 0.3) is 0 Å². The van der Waals surface area contributed by atoms with Gasteiger partial charge in [0.25, 0.3) is 0 Å². The van der Waals surface area contributed by atoms with Gasteiger partial charge in [0.05, 0.1) is 5.60 Å². The molecule has 2 heteroatoms. The van der Waals surface area contributed by atoms with Gasteiger partial charge in [0.1, 0.15) is 0 Å². The van der Waals surface area contributed by atoms with E-state index < -0.39 is 0 Å². The van der Waals surface area contributed by atoms with Crippen LogP contribution in [-0.2, 0) is 11.2 Å². The first kappa shape index (κ1) is 11.6. The molecule has 1 unspecified atom stereocenters. The van der Waals surface area contributed by atoms with Crippen LogP contribution in [0.3, 0.4) is 0 Å². The van der Waals surface area contributed by atoms with Crippen molar-refractivity contribution in [2.24, 2.45) is 0 Å². The molecule has 2 nitrogen and oxygen atoms in total. The largest absolute Gasteiger partial charge is 0.377 e. The van der Waals surface area contributed by atoms with E-state index in [1.54, 1.807) is 0 Å². The Morgan fingerprint density at radius 1 is 1.38 bits per heavy atom. The Morgan fingerprint density at radius 2 is 2.19 bits per heavy atom. The Labute approximate surface area is 98.0 Å². The second kappa shape index (κ2) is 4.98. The van der Waals surface area contributed by atoms with E-state index >= 15 is 0 Å². The van der Waals surface area contributed by atoms with E-state index in [0.717, 1.165) is 25.9 Å². The highest BCUT2D eigenvalue weighted by Gasteiger charge is 2.32. The van der Waals surface area contributed by atoms with Crippen molar-refractivity contribution in [1.82, 2.24) is 5.32 Å². The van der Waals surface area contributed by atoms with E-state index in [9.17, 15) is 0 Å². The fraction of sp³-hybridized carbons (Fsp3) is 0.571. The molecular formula is C14H21NO. The van der Waals surface area contributed by atoms with Crippen LogP contribution in [0.1, 0.15) is 24.0 Å². The van der Waals surface area contributed by atoms with Crippen molar-refractivity contribution in [1.29, 1.82) is 0 Å². The molecule has 88 valence electrons. The summed E-state index contributed by atoms with van der Waals surface area (Å²) >= 11 is 0. The van der Waals surface area contributed by atoms with E-state index in [0.29, 0.717) is 0 Å². The molecule has 1 aromatic carbocycles. The topological polar surface area (TPSA) is 21.3 Å². The highest BCUT2D eigenvalue weighted by atomic mass is 16.5. The van der Waals surface area contributed by atoms with Gasteiger partial charge in [0.2, 0.25) is 0 Å². The predicted octanol–water partition coefficient (Wildman–Crippen LogP) is 2.31. The maximum absolute atomic E-state index is 5.78. The number of rotatable bonds is 3. The van der Waals surface area contributed by atoms with Gasteiger partial charge in [0.15, 0.2) is 0 Å². The van der Waals surface area contributed by atoms with Crippen molar-refractivity contribution in [2.75, 3.05) is 20.2 Å². The van der Waals surface area contributed by atoms with E-state index in [2.05, 4.69) is 36.5 Å². The summed E-state index contributed by atoms with van der Waals surface area (Å²) in [5.41, 5.74) is 2.78. The van der Waals surface area contributed by atoms with Crippen molar-refractivity contribution in [3.63, 3.8) is 0 Å². The summed E-state index contributed by atoms with van der Waals surface area (Å²) in [7, 11) is 1.84. The molecule has 0 saturated carbocycles. The predicted molar refractivity (Wildman–Crippen MR) is 66.7 cm³/mol. The van der Waals surface area contributed by atoms with Crippen LogP contribution in [-0.4, -0.2) is 25.8 Å². The Morgan fingerprint density at radius 3 is 2.81 bits per heavy atom. The monoisotopic (exact) mass is 219 g/mol. The standard InChI is InChI=1S/C14H21NO/c1-12-6-3-4-7-13(12)10-14(16-2)8-5-9-15-11-14/h3-4,6-7,15H,5,8-11H2,1-2H3. The lowest BCUT2D eigenvalue weighted by atomic mass is 9.86. The molecule has 0 radical (unpaired) electrons. The molecule has 0 bridgehead atoms. The first-order valence-electron chi connectivity index (χ1n) is 6.06. The minimum Gasteiger partial charge on any atom is -0.377 e. The average molecular weight is 219 g/mol. The van der Waals surface area contributed by atoms with Gasteiger partial charge in [-0.2, -0.15) is 0 Å². The third-order valence-electron chi connectivity index (χ3n) is 3.64. The zero-order chi connectivity index (χ0) is 11.4. The number of ether oxygens (including phenoxy) is 1. The van der Waals surface area contributed by atoms with Gasteiger partial charge in [-0.15, -0.1) is 0 Å². The van der Waals surface area contributed by atoms with E-state index in [1.165, 1.54) is 17.5 Å². The van der Waals surface area contributed by atoms with Crippen LogP contribution < -0.4 is 5.32 Å². The molecule has 1 aliphatic heterocycles. The lowest BCUT2D eigenvalue weighted by Gasteiger charge is -2.37. The van der Waals surface area contributed by atoms with Crippen LogP contribution in [0.5, 0.6) is 0 Å². The van der Waals surface area contributed by atoms with Crippen LogP contribution in [0.15, 0.2) is 24.3 Å². The van der Waals surface area contributed by atoms with Gasteiger partial charge >= 0.3 is 0 Å². The third kappa shape index (κ3) is 2.45. The van der Waals surface area contributed by atoms with Gasteiger partial charge < -0.3 is 10.1 Å². The zero-order valence-corrected chi connectivity index (χ0v) is 10.3. The molecule has 1 N–H and O–H groups in total. The molecule has 1 saturated heterocycles. The summed E-state index contributed by atoms with van der Waals surface area (Å²) in [6.45, 7) is 4.27. The second-order valence-electron chi connectivity index (χ2n) is 4.77. The van der Waals surface area contributed by atoms with Gasteiger partial charge in [0, 0.05) is 20.1 Å². The Bertz CT molecular complexity index is 342. The zero-order valence-electron chi connectivity index (χ0n) is 10.3. The number of nitrogens with one attached hydrogen (secondary N) is 1. The molecule has 0 spiro atoms. The highest BCUT2D eigenvalue weighted by molar-refractivity contribution is 5.27. The van der Waals surface area contributed by atoms with Gasteiger partial charge in [-0.25, -0.2) is 0 Å². The molecule has 2 rings (SSSR count). The van der Waals surface area contributed by atoms with Crippen molar-refractivity contribution >= 4 is 0 Å². The van der Waals surface area contributed by atoms with E-state index in [4.69, 9.17) is 4.74 Å². The molecule has 16 heavy (non-hydrogen) atoms. The normalized spacial score (nSPS) is 25.6. The average Bonchev–Trinajstić information content (AvgIpc) is 2.33. The van der Waals surface area contributed by atoms with Crippen molar-refractivity contribution in [3.8, 4) is 0 Å². The summed E-state index contributed by atoms with van der Waals surface area (Å²) in [5.74, 6) is 0. The maximum atomic E-state index is 5.78. The molecule has 0 aromatic heterocycles. The number of piperidine rings is 1. The summed E-state index contributed by atoms with van der Waals surface area (Å²) in [5, 5.41) is 3.44. The van der Waals surface area contributed by atoms with Crippen LogP contribution in [0.2, 0.25) is 0 Å². The minimum atomic E-state index is 0.00433. The van der Waals surface area contributed by atoms with Crippen molar-refractivity contribution in [3.05, 3.63) is 35.4 Å². The summed E-state index contributed by atoms with van der Waals surface area (Å²) < 4.78 is 5.78. The van der Waals surface area contributed by atoms with E-state index in [-0.39, 0.29) is 5.60 Å². The Balaban J connectivity index is 2.15. The maximum Gasteiger partial charge on any atom is 0.0843 e. The van der Waals surface area contributed by atoms with Crippen LogP contribution in [0.4, 0.5) is 0 Å². The van der Waals surface area contributed by atoms with Gasteiger partial charge in [-0.1, -0.05) is 24.3 Å². The molecule has 1 atom stereocenters. The number of methoxy groups -OCH3 is 1. The molecular weight excluding hydrogens is 198 g/mol. The number of aryl methyl sites for hydroxylation is 1. The smallest absolute Gasteiger partial charge is 0.0843 e. The third-order valence-corrected chi connectivity index (χ3v) is 3.64. The van der Waals surface area contributed by atoms with Gasteiger partial charge in [-0.05, 0) is 37.4 Å². The molecule has 1 aliphatic rings. The van der Waals surface area contributed by atoms with Crippen LogP contribution >= 0.6 is 0 Å². The minimum absolute atomic E-state index is 0.00433. The number of benzene rings is 1. The number of hydrogen-bond acceptors (Lipinski definition) is 2. The van der Waals surface area contributed by atoms with Crippen LogP contribution in [0, 0.1) is 6.92 Å². The molecule has 1 aromatic rings. The molecule has 1 heterocycles. The first-order valence-corrected chi connectivity index (χ1v) is 6.06. The van der Waals surface area contributed by atoms with E-state index in [1.807, 2.05) is 7.11 Å². The second-order valence-corrected chi connectivity index (χ2v) is 4.77. The number of hydrogen-bond donors (Lipinski definition) is 1. The summed E-state index contributed by atoms with van der Waals surface area (Å²) in [6, 6.07) is 8.60. The summed E-state index contributed by atoms with van der Waals surface area (Å²) in [6.07, 6.45) is 3.38. The molecule has 0 amide bonds. The quantitative estimate of drug-likeness (QED) is 0.842. The fourth-order valence-corrected chi connectivity index (χ4v) is 2.49. The SMILES string of the molecule is COC1(Cc2ccccc2C)CCCNC1. The lowest BCUT2D eigenvalue weighted by molar-refractivity contribution is -0.0279. The summed E-state index contributed by atoms with van der Waals surface area (Å²) in [4.78, 5) is 0. The molecule has 1 fully saturated rings. The highest BCUT2D eigenvalue weighted by Crippen LogP contribution is 2.26. The van der Waals surface area contributed by atoms with Crippen molar-refractivity contribution < 1.29 is 4.74 Å². The first-order chi connectivity index (χ1) is 7.76. The van der Waals surface area contributed by atoms with Crippen molar-refractivity contribution in [2.45, 2.75) is 31.8 Å². The Kier molecular flexibility index (Phi) is 3.62. The fourth-order valence-electron chi connectivity index (χ4n) is 2.49. The van der Waals surface area contributed by atoms with Gasteiger partial charge in [-0.3, -0.25) is 0 Å².